The van der Waals surface area contributed by atoms with Gasteiger partial charge in [-0.2, -0.15) is 0 Å². The van der Waals surface area contributed by atoms with E-state index in [2.05, 4.69) is 9.64 Å². The van der Waals surface area contributed by atoms with E-state index >= 15 is 0 Å². The zero-order valence-electron chi connectivity index (χ0n) is 14.0. The Bertz CT molecular complexity index is 698. The van der Waals surface area contributed by atoms with Crippen LogP contribution in [0.25, 0.3) is 0 Å². The van der Waals surface area contributed by atoms with Crippen LogP contribution in [0.3, 0.4) is 0 Å². The van der Waals surface area contributed by atoms with Crippen LogP contribution in [0, 0.1) is 0 Å². The van der Waals surface area contributed by atoms with E-state index in [-0.39, 0.29) is 11.5 Å². The molecule has 25 heavy (non-hydrogen) atoms. The summed E-state index contributed by atoms with van der Waals surface area (Å²) in [6.07, 6.45) is -4.73. The van der Waals surface area contributed by atoms with E-state index in [4.69, 9.17) is 5.73 Å². The fourth-order valence-corrected chi connectivity index (χ4v) is 2.64. The molecule has 0 bridgehead atoms. The molecule has 0 fully saturated rings. The molecule has 4 nitrogen and oxygen atoms in total. The lowest BCUT2D eigenvalue weighted by Crippen LogP contribution is -2.22. The zero-order chi connectivity index (χ0) is 18.6. The SMILES string of the molecule is CCN(CC)c1ccc([C@H](N)c2ccc(OC(F)(F)F)cc2)c(O)c1. The first-order chi connectivity index (χ1) is 11.7. The molecule has 0 radical (unpaired) electrons. The van der Waals surface area contributed by atoms with Crippen molar-refractivity contribution in [1.82, 2.24) is 0 Å². The zero-order valence-corrected chi connectivity index (χ0v) is 14.0. The molecule has 2 aromatic rings. The summed E-state index contributed by atoms with van der Waals surface area (Å²) in [6.45, 7) is 5.65. The van der Waals surface area contributed by atoms with Crippen molar-refractivity contribution < 1.29 is 23.0 Å². The van der Waals surface area contributed by atoms with E-state index < -0.39 is 12.4 Å². The minimum Gasteiger partial charge on any atom is -0.508 e. The maximum atomic E-state index is 12.2. The second kappa shape index (κ2) is 7.65. The molecule has 2 aromatic carbocycles. The van der Waals surface area contributed by atoms with Crippen molar-refractivity contribution in [2.45, 2.75) is 26.3 Å². The molecule has 0 spiro atoms. The van der Waals surface area contributed by atoms with Crippen molar-refractivity contribution in [3.05, 3.63) is 53.6 Å². The van der Waals surface area contributed by atoms with Gasteiger partial charge in [-0.3, -0.25) is 0 Å². The molecule has 3 N–H and O–H groups in total. The van der Waals surface area contributed by atoms with Crippen LogP contribution in [0.5, 0.6) is 11.5 Å². The molecule has 136 valence electrons. The summed E-state index contributed by atoms with van der Waals surface area (Å²) in [7, 11) is 0. The van der Waals surface area contributed by atoms with Crippen molar-refractivity contribution >= 4 is 5.69 Å². The molecule has 2 rings (SSSR count). The summed E-state index contributed by atoms with van der Waals surface area (Å²) in [5.41, 5.74) is 8.10. The summed E-state index contributed by atoms with van der Waals surface area (Å²) in [5.74, 6) is -0.267. The molecule has 0 saturated carbocycles. The predicted molar refractivity (Wildman–Crippen MR) is 90.8 cm³/mol. The summed E-state index contributed by atoms with van der Waals surface area (Å²) < 4.78 is 40.4. The standard InChI is InChI=1S/C18H21F3N2O2/c1-3-23(4-2)13-7-10-15(16(24)11-13)17(22)12-5-8-14(9-6-12)25-18(19,20)21/h5-11,17,24H,3-4,22H2,1-2H3/t17-/m1/s1. The lowest BCUT2D eigenvalue weighted by molar-refractivity contribution is -0.274. The van der Waals surface area contributed by atoms with Crippen molar-refractivity contribution in [3.8, 4) is 11.5 Å². The van der Waals surface area contributed by atoms with E-state index in [0.29, 0.717) is 11.1 Å². The predicted octanol–water partition coefficient (Wildman–Crippen LogP) is 4.19. The minimum atomic E-state index is -4.73. The number of phenols is 1. The molecule has 0 saturated heterocycles. The number of nitrogens with two attached hydrogens (primary N) is 1. The highest BCUT2D eigenvalue weighted by Gasteiger charge is 2.31. The highest BCUT2D eigenvalue weighted by molar-refractivity contribution is 5.55. The lowest BCUT2D eigenvalue weighted by Gasteiger charge is -2.23. The average molecular weight is 354 g/mol. The maximum Gasteiger partial charge on any atom is 0.573 e. The summed E-state index contributed by atoms with van der Waals surface area (Å²) in [6, 6.07) is 9.87. The Labute approximate surface area is 144 Å². The molecule has 1 atom stereocenters. The van der Waals surface area contributed by atoms with Crippen LogP contribution in [-0.4, -0.2) is 24.6 Å². The van der Waals surface area contributed by atoms with Gasteiger partial charge in [0, 0.05) is 30.4 Å². The van der Waals surface area contributed by atoms with Crippen LogP contribution in [0.4, 0.5) is 18.9 Å². The average Bonchev–Trinajstić information content (AvgIpc) is 2.55. The number of benzene rings is 2. The molecule has 0 heterocycles. The molecule has 0 aliphatic heterocycles. The molecule has 7 heteroatoms. The Kier molecular flexibility index (Phi) is 5.79. The number of halogens is 3. The Morgan fingerprint density at radius 1 is 1.08 bits per heavy atom. The van der Waals surface area contributed by atoms with Crippen molar-refractivity contribution in [2.24, 2.45) is 5.73 Å². The van der Waals surface area contributed by atoms with Gasteiger partial charge < -0.3 is 20.5 Å². The van der Waals surface area contributed by atoms with Gasteiger partial charge >= 0.3 is 6.36 Å². The van der Waals surface area contributed by atoms with Gasteiger partial charge in [0.25, 0.3) is 0 Å². The van der Waals surface area contributed by atoms with Crippen molar-refractivity contribution in [1.29, 1.82) is 0 Å². The topological polar surface area (TPSA) is 58.7 Å². The van der Waals surface area contributed by atoms with E-state index in [1.54, 1.807) is 12.1 Å². The number of hydrogen-bond donors (Lipinski definition) is 2. The van der Waals surface area contributed by atoms with Crippen molar-refractivity contribution in [2.75, 3.05) is 18.0 Å². The van der Waals surface area contributed by atoms with Gasteiger partial charge in [0.15, 0.2) is 0 Å². The third kappa shape index (κ3) is 4.79. The van der Waals surface area contributed by atoms with Gasteiger partial charge in [-0.25, -0.2) is 0 Å². The number of hydrogen-bond acceptors (Lipinski definition) is 4. The highest BCUT2D eigenvalue weighted by Crippen LogP contribution is 2.32. The fraction of sp³-hybridized carbons (Fsp3) is 0.333. The molecule has 0 unspecified atom stereocenters. The second-order valence-electron chi connectivity index (χ2n) is 5.51. The Hall–Kier alpha value is -2.41. The first-order valence-electron chi connectivity index (χ1n) is 7.94. The number of anilines is 1. The third-order valence-corrected chi connectivity index (χ3v) is 3.95. The summed E-state index contributed by atoms with van der Waals surface area (Å²) in [5, 5.41) is 10.3. The van der Waals surface area contributed by atoms with E-state index in [1.165, 1.54) is 24.3 Å². The number of nitrogens with zero attached hydrogens (tertiary/aromatic N) is 1. The van der Waals surface area contributed by atoms with Gasteiger partial charge in [0.2, 0.25) is 0 Å². The third-order valence-electron chi connectivity index (χ3n) is 3.95. The second-order valence-corrected chi connectivity index (χ2v) is 5.51. The number of aromatic hydroxyl groups is 1. The number of phenolic OH excluding ortho intramolecular Hbond substituents is 1. The molecule has 0 amide bonds. The Morgan fingerprint density at radius 2 is 1.68 bits per heavy atom. The molecule has 0 aliphatic rings. The first kappa shape index (κ1) is 18.9. The first-order valence-corrected chi connectivity index (χ1v) is 7.94. The van der Waals surface area contributed by atoms with Gasteiger partial charge in [0.1, 0.15) is 11.5 Å². The van der Waals surface area contributed by atoms with E-state index in [0.717, 1.165) is 18.8 Å². The quantitative estimate of drug-likeness (QED) is 0.817. The van der Waals surface area contributed by atoms with Crippen LogP contribution in [-0.2, 0) is 0 Å². The van der Waals surface area contributed by atoms with Gasteiger partial charge in [0.05, 0.1) is 6.04 Å². The summed E-state index contributed by atoms with van der Waals surface area (Å²) in [4.78, 5) is 2.08. The molecule has 0 aliphatic carbocycles. The van der Waals surface area contributed by atoms with E-state index in [1.807, 2.05) is 19.9 Å². The Morgan fingerprint density at radius 3 is 2.16 bits per heavy atom. The fourth-order valence-electron chi connectivity index (χ4n) is 2.64. The normalized spacial score (nSPS) is 12.7. The van der Waals surface area contributed by atoms with Crippen LogP contribution < -0.4 is 15.4 Å². The van der Waals surface area contributed by atoms with Crippen LogP contribution in [0.1, 0.15) is 31.0 Å². The number of ether oxygens (including phenoxy) is 1. The lowest BCUT2D eigenvalue weighted by atomic mass is 9.98. The van der Waals surface area contributed by atoms with Gasteiger partial charge in [-0.05, 0) is 37.6 Å². The number of rotatable bonds is 6. The van der Waals surface area contributed by atoms with Crippen LogP contribution in [0.2, 0.25) is 0 Å². The minimum absolute atomic E-state index is 0.0486. The molecular weight excluding hydrogens is 333 g/mol. The molecular formula is C18H21F3N2O2. The van der Waals surface area contributed by atoms with E-state index in [9.17, 15) is 18.3 Å². The molecule has 0 aromatic heterocycles. The Balaban J connectivity index is 2.21. The van der Waals surface area contributed by atoms with Crippen LogP contribution in [0.15, 0.2) is 42.5 Å². The largest absolute Gasteiger partial charge is 0.573 e. The highest BCUT2D eigenvalue weighted by atomic mass is 19.4. The van der Waals surface area contributed by atoms with Gasteiger partial charge in [-0.1, -0.05) is 18.2 Å². The van der Waals surface area contributed by atoms with Crippen LogP contribution >= 0.6 is 0 Å². The maximum absolute atomic E-state index is 12.2. The smallest absolute Gasteiger partial charge is 0.508 e. The number of alkyl halides is 3. The van der Waals surface area contributed by atoms with Crippen molar-refractivity contribution in [3.63, 3.8) is 0 Å². The summed E-state index contributed by atoms with van der Waals surface area (Å²) >= 11 is 0. The monoisotopic (exact) mass is 354 g/mol. The van der Waals surface area contributed by atoms with Gasteiger partial charge in [-0.15, -0.1) is 13.2 Å².